The molecule has 1 rings (SSSR count). The highest BCUT2D eigenvalue weighted by molar-refractivity contribution is 7.98. The molecule has 0 aliphatic rings. The Morgan fingerprint density at radius 1 is 1.36 bits per heavy atom. The SMILES string of the molecule is COc1cccc(NCC(=O)NNC(=S)NCCCSC)c1. The second kappa shape index (κ2) is 11.0. The molecule has 4 N–H and O–H groups in total. The fourth-order valence-corrected chi connectivity index (χ4v) is 2.13. The van der Waals surface area contributed by atoms with Crippen LogP contribution in [0, 0.1) is 0 Å². The van der Waals surface area contributed by atoms with Crippen LogP contribution in [0.25, 0.3) is 0 Å². The first-order chi connectivity index (χ1) is 10.7. The average molecular weight is 342 g/mol. The zero-order valence-corrected chi connectivity index (χ0v) is 14.4. The van der Waals surface area contributed by atoms with Crippen molar-refractivity contribution in [1.29, 1.82) is 0 Å². The molecule has 1 amide bonds. The Labute approximate surface area is 140 Å². The Hall–Kier alpha value is -1.67. The second-order valence-electron chi connectivity index (χ2n) is 4.36. The first-order valence-electron chi connectivity index (χ1n) is 6.85. The van der Waals surface area contributed by atoms with Crippen molar-refractivity contribution in [3.63, 3.8) is 0 Å². The number of rotatable bonds is 8. The van der Waals surface area contributed by atoms with Crippen LogP contribution in [-0.4, -0.2) is 43.2 Å². The normalized spacial score (nSPS) is 9.73. The summed E-state index contributed by atoms with van der Waals surface area (Å²) in [5.41, 5.74) is 6.01. The number of ether oxygens (including phenoxy) is 1. The predicted octanol–water partition coefficient (Wildman–Crippen LogP) is 1.36. The molecule has 122 valence electrons. The molecule has 0 radical (unpaired) electrons. The van der Waals surface area contributed by atoms with Gasteiger partial charge in [-0.2, -0.15) is 11.8 Å². The van der Waals surface area contributed by atoms with Gasteiger partial charge in [0.1, 0.15) is 5.75 Å². The van der Waals surface area contributed by atoms with Crippen LogP contribution in [0.2, 0.25) is 0 Å². The van der Waals surface area contributed by atoms with Crippen LogP contribution >= 0.6 is 24.0 Å². The molecule has 1 aromatic carbocycles. The quantitative estimate of drug-likeness (QED) is 0.323. The van der Waals surface area contributed by atoms with Gasteiger partial charge in [0.2, 0.25) is 0 Å². The molecular formula is C14H22N4O2S2. The number of methoxy groups -OCH3 is 1. The summed E-state index contributed by atoms with van der Waals surface area (Å²) in [7, 11) is 1.60. The highest BCUT2D eigenvalue weighted by Gasteiger charge is 2.02. The van der Waals surface area contributed by atoms with Gasteiger partial charge in [-0.15, -0.1) is 0 Å². The van der Waals surface area contributed by atoms with Gasteiger partial charge < -0.3 is 15.4 Å². The molecule has 0 aliphatic heterocycles. The number of benzene rings is 1. The molecule has 0 spiro atoms. The third kappa shape index (κ3) is 7.94. The molecule has 0 aromatic heterocycles. The number of carbonyl (C=O) groups is 1. The summed E-state index contributed by atoms with van der Waals surface area (Å²) in [6.45, 7) is 0.917. The van der Waals surface area contributed by atoms with Gasteiger partial charge in [0, 0.05) is 18.3 Å². The summed E-state index contributed by atoms with van der Waals surface area (Å²) in [6.07, 6.45) is 3.08. The number of hydrogen-bond acceptors (Lipinski definition) is 5. The second-order valence-corrected chi connectivity index (χ2v) is 5.75. The maximum absolute atomic E-state index is 11.7. The minimum absolute atomic E-state index is 0.134. The molecule has 0 bridgehead atoms. The van der Waals surface area contributed by atoms with Crippen molar-refractivity contribution < 1.29 is 9.53 Å². The number of hydrazine groups is 1. The monoisotopic (exact) mass is 342 g/mol. The summed E-state index contributed by atoms with van der Waals surface area (Å²) in [5.74, 6) is 1.60. The highest BCUT2D eigenvalue weighted by Crippen LogP contribution is 2.16. The topological polar surface area (TPSA) is 74.4 Å². The standard InChI is InChI=1S/C14H22N4O2S2/c1-20-12-6-3-5-11(9-12)16-10-13(19)17-18-14(21)15-7-4-8-22-2/h3,5-6,9,16H,4,7-8,10H2,1-2H3,(H,17,19)(H2,15,18,21). The van der Waals surface area contributed by atoms with Crippen molar-refractivity contribution in [3.05, 3.63) is 24.3 Å². The first kappa shape index (κ1) is 18.4. The molecule has 8 heteroatoms. The lowest BCUT2D eigenvalue weighted by Gasteiger charge is -2.12. The Balaban J connectivity index is 2.18. The lowest BCUT2D eigenvalue weighted by molar-refractivity contribution is -0.119. The Kier molecular flexibility index (Phi) is 9.17. The number of amides is 1. The van der Waals surface area contributed by atoms with E-state index in [1.54, 1.807) is 18.9 Å². The molecule has 0 atom stereocenters. The van der Waals surface area contributed by atoms with E-state index in [1.165, 1.54) is 0 Å². The average Bonchev–Trinajstić information content (AvgIpc) is 2.55. The third-order valence-corrected chi connectivity index (χ3v) is 3.59. The summed E-state index contributed by atoms with van der Waals surface area (Å²) in [6, 6.07) is 7.37. The fraction of sp³-hybridized carbons (Fsp3) is 0.429. The van der Waals surface area contributed by atoms with E-state index in [1.807, 2.05) is 24.3 Å². The Morgan fingerprint density at radius 3 is 2.91 bits per heavy atom. The number of thioether (sulfide) groups is 1. The zero-order chi connectivity index (χ0) is 16.2. The fourth-order valence-electron chi connectivity index (χ4n) is 1.55. The van der Waals surface area contributed by atoms with Gasteiger partial charge in [-0.25, -0.2) is 0 Å². The summed E-state index contributed by atoms with van der Waals surface area (Å²) in [4.78, 5) is 11.7. The maximum Gasteiger partial charge on any atom is 0.257 e. The molecule has 0 saturated heterocycles. The molecule has 22 heavy (non-hydrogen) atoms. The van der Waals surface area contributed by atoms with Gasteiger partial charge in [-0.05, 0) is 42.8 Å². The van der Waals surface area contributed by atoms with Crippen LogP contribution in [0.15, 0.2) is 24.3 Å². The maximum atomic E-state index is 11.7. The molecule has 0 heterocycles. The van der Waals surface area contributed by atoms with Crippen molar-refractivity contribution in [2.75, 3.05) is 37.5 Å². The molecule has 0 fully saturated rings. The van der Waals surface area contributed by atoms with E-state index in [0.29, 0.717) is 5.11 Å². The number of anilines is 1. The first-order valence-corrected chi connectivity index (χ1v) is 8.65. The number of nitrogens with one attached hydrogen (secondary N) is 4. The van der Waals surface area contributed by atoms with E-state index in [2.05, 4.69) is 27.7 Å². The van der Waals surface area contributed by atoms with E-state index in [4.69, 9.17) is 17.0 Å². The molecular weight excluding hydrogens is 320 g/mol. The van der Waals surface area contributed by atoms with E-state index < -0.39 is 0 Å². The van der Waals surface area contributed by atoms with Gasteiger partial charge in [0.15, 0.2) is 5.11 Å². The van der Waals surface area contributed by atoms with Crippen LogP contribution in [0.4, 0.5) is 5.69 Å². The number of hydrogen-bond donors (Lipinski definition) is 4. The van der Waals surface area contributed by atoms with Crippen molar-refractivity contribution in [1.82, 2.24) is 16.2 Å². The molecule has 0 aliphatic carbocycles. The van der Waals surface area contributed by atoms with Crippen molar-refractivity contribution in [2.24, 2.45) is 0 Å². The van der Waals surface area contributed by atoms with Crippen molar-refractivity contribution in [3.8, 4) is 5.75 Å². The van der Waals surface area contributed by atoms with E-state index in [9.17, 15) is 4.79 Å². The smallest absolute Gasteiger partial charge is 0.257 e. The predicted molar refractivity (Wildman–Crippen MR) is 96.4 cm³/mol. The Morgan fingerprint density at radius 2 is 2.18 bits per heavy atom. The minimum atomic E-state index is -0.212. The van der Waals surface area contributed by atoms with Crippen LogP contribution < -0.4 is 26.2 Å². The largest absolute Gasteiger partial charge is 0.497 e. The van der Waals surface area contributed by atoms with Gasteiger partial charge >= 0.3 is 0 Å². The van der Waals surface area contributed by atoms with E-state index >= 15 is 0 Å². The van der Waals surface area contributed by atoms with Crippen LogP contribution in [0.3, 0.4) is 0 Å². The molecule has 6 nitrogen and oxygen atoms in total. The van der Waals surface area contributed by atoms with Gasteiger partial charge in [0.05, 0.1) is 13.7 Å². The summed E-state index contributed by atoms with van der Waals surface area (Å²) in [5, 5.41) is 6.43. The highest BCUT2D eigenvalue weighted by atomic mass is 32.2. The third-order valence-electron chi connectivity index (χ3n) is 2.65. The van der Waals surface area contributed by atoms with E-state index in [-0.39, 0.29) is 12.5 Å². The van der Waals surface area contributed by atoms with Crippen LogP contribution in [-0.2, 0) is 4.79 Å². The number of thiocarbonyl (C=S) groups is 1. The summed E-state index contributed by atoms with van der Waals surface area (Å²) < 4.78 is 5.12. The minimum Gasteiger partial charge on any atom is -0.497 e. The lowest BCUT2D eigenvalue weighted by Crippen LogP contribution is -2.48. The molecule has 1 aromatic rings. The Bertz CT molecular complexity index is 486. The van der Waals surface area contributed by atoms with Crippen LogP contribution in [0.5, 0.6) is 5.75 Å². The lowest BCUT2D eigenvalue weighted by atomic mass is 10.3. The summed E-state index contributed by atoms with van der Waals surface area (Å²) >= 11 is 6.84. The van der Waals surface area contributed by atoms with Gasteiger partial charge in [-0.1, -0.05) is 6.07 Å². The molecule has 0 saturated carbocycles. The van der Waals surface area contributed by atoms with Gasteiger partial charge in [-0.3, -0.25) is 15.6 Å². The zero-order valence-electron chi connectivity index (χ0n) is 12.8. The van der Waals surface area contributed by atoms with Crippen molar-refractivity contribution in [2.45, 2.75) is 6.42 Å². The number of carbonyl (C=O) groups excluding carboxylic acids is 1. The van der Waals surface area contributed by atoms with Crippen LogP contribution in [0.1, 0.15) is 6.42 Å². The van der Waals surface area contributed by atoms with Gasteiger partial charge in [0.25, 0.3) is 5.91 Å². The van der Waals surface area contributed by atoms with Crippen molar-refractivity contribution >= 4 is 40.7 Å². The molecule has 0 unspecified atom stereocenters. The van der Waals surface area contributed by atoms with E-state index in [0.717, 1.165) is 30.2 Å².